The molecule has 1 aromatic carbocycles. The van der Waals surface area contributed by atoms with Crippen molar-refractivity contribution >= 4 is 11.8 Å². The van der Waals surface area contributed by atoms with Crippen molar-refractivity contribution in [3.8, 4) is 11.5 Å². The third-order valence-corrected chi connectivity index (χ3v) is 2.68. The van der Waals surface area contributed by atoms with Crippen molar-refractivity contribution in [2.45, 2.75) is 0 Å². The molecular weight excluding hydrogens is 276 g/mol. The minimum absolute atomic E-state index is 0.0794. The van der Waals surface area contributed by atoms with Gasteiger partial charge in [-0.25, -0.2) is 0 Å². The monoisotopic (exact) mass is 294 g/mol. The van der Waals surface area contributed by atoms with Gasteiger partial charge in [0.15, 0.2) is 13.2 Å². The van der Waals surface area contributed by atoms with Crippen LogP contribution < -0.4 is 20.1 Å². The van der Waals surface area contributed by atoms with Gasteiger partial charge in [0, 0.05) is 19.2 Å². The molecule has 1 heterocycles. The summed E-state index contributed by atoms with van der Waals surface area (Å²) in [4.78, 5) is 23.1. The maximum Gasteiger partial charge on any atom is 0.258 e. The molecule has 114 valence electrons. The van der Waals surface area contributed by atoms with Crippen molar-refractivity contribution in [3.05, 3.63) is 24.3 Å². The van der Waals surface area contributed by atoms with Crippen molar-refractivity contribution in [2.24, 2.45) is 0 Å². The van der Waals surface area contributed by atoms with Crippen LogP contribution in [0.1, 0.15) is 0 Å². The van der Waals surface area contributed by atoms with Crippen LogP contribution in [0.3, 0.4) is 0 Å². The smallest absolute Gasteiger partial charge is 0.258 e. The summed E-state index contributed by atoms with van der Waals surface area (Å²) in [5, 5.41) is 5.35. The van der Waals surface area contributed by atoms with Crippen LogP contribution >= 0.6 is 0 Å². The zero-order valence-corrected chi connectivity index (χ0v) is 11.6. The van der Waals surface area contributed by atoms with Crippen LogP contribution in [0.15, 0.2) is 24.3 Å². The number of carbonyl (C=O) groups is 2. The van der Waals surface area contributed by atoms with Crippen LogP contribution in [0.4, 0.5) is 0 Å². The molecule has 2 rings (SSSR count). The maximum atomic E-state index is 11.5. The van der Waals surface area contributed by atoms with Crippen LogP contribution in [-0.2, 0) is 14.3 Å². The van der Waals surface area contributed by atoms with Crippen molar-refractivity contribution in [2.75, 3.05) is 39.5 Å². The molecule has 7 heteroatoms. The number of carbonyl (C=O) groups excluding carboxylic acids is 2. The first-order valence-electron chi connectivity index (χ1n) is 6.71. The summed E-state index contributed by atoms with van der Waals surface area (Å²) in [6.45, 7) is 1.41. The van der Waals surface area contributed by atoms with E-state index in [2.05, 4.69) is 10.6 Å². The number of ether oxygens (including phenoxy) is 3. The van der Waals surface area contributed by atoms with Crippen molar-refractivity contribution in [3.63, 3.8) is 0 Å². The highest BCUT2D eigenvalue weighted by Gasteiger charge is 2.06. The molecule has 2 bridgehead atoms. The van der Waals surface area contributed by atoms with Gasteiger partial charge in [0.25, 0.3) is 11.8 Å². The van der Waals surface area contributed by atoms with E-state index in [0.29, 0.717) is 37.8 Å². The third-order valence-electron chi connectivity index (χ3n) is 2.68. The lowest BCUT2D eigenvalue weighted by Gasteiger charge is -2.12. The molecule has 7 nitrogen and oxygen atoms in total. The zero-order chi connectivity index (χ0) is 14.9. The fourth-order valence-electron chi connectivity index (χ4n) is 1.68. The first-order valence-corrected chi connectivity index (χ1v) is 6.71. The molecule has 0 fully saturated rings. The normalized spacial score (nSPS) is 17.9. The molecule has 2 amide bonds. The molecule has 0 aliphatic carbocycles. The quantitative estimate of drug-likeness (QED) is 0.686. The number of hydrogen-bond acceptors (Lipinski definition) is 5. The van der Waals surface area contributed by atoms with Gasteiger partial charge in [0.1, 0.15) is 11.5 Å². The van der Waals surface area contributed by atoms with Gasteiger partial charge >= 0.3 is 0 Å². The molecule has 1 aliphatic heterocycles. The fraction of sp³-hybridized carbons (Fsp3) is 0.429. The Morgan fingerprint density at radius 1 is 0.857 bits per heavy atom. The number of benzene rings is 1. The minimum atomic E-state index is -0.217. The molecule has 0 aromatic heterocycles. The van der Waals surface area contributed by atoms with E-state index in [-0.39, 0.29) is 25.0 Å². The first-order chi connectivity index (χ1) is 10.2. The van der Waals surface area contributed by atoms with Gasteiger partial charge < -0.3 is 24.8 Å². The van der Waals surface area contributed by atoms with Crippen molar-refractivity contribution < 1.29 is 23.8 Å². The molecule has 0 atom stereocenters. The van der Waals surface area contributed by atoms with E-state index >= 15 is 0 Å². The Morgan fingerprint density at radius 3 is 1.90 bits per heavy atom. The highest BCUT2D eigenvalue weighted by atomic mass is 16.5. The Hall–Kier alpha value is -2.28. The average molecular weight is 294 g/mol. The first kappa shape index (κ1) is 15.1. The lowest BCUT2D eigenvalue weighted by atomic mass is 10.3. The molecule has 0 unspecified atom stereocenters. The van der Waals surface area contributed by atoms with E-state index in [9.17, 15) is 9.59 Å². The van der Waals surface area contributed by atoms with Gasteiger partial charge in [-0.05, 0) is 12.1 Å². The van der Waals surface area contributed by atoms with E-state index in [1.807, 2.05) is 0 Å². The zero-order valence-electron chi connectivity index (χ0n) is 11.6. The lowest BCUT2D eigenvalue weighted by Crippen LogP contribution is -2.34. The largest absolute Gasteiger partial charge is 0.484 e. The van der Waals surface area contributed by atoms with E-state index in [4.69, 9.17) is 14.2 Å². The van der Waals surface area contributed by atoms with Crippen LogP contribution in [0.2, 0.25) is 0 Å². The van der Waals surface area contributed by atoms with Crippen LogP contribution in [0.5, 0.6) is 11.5 Å². The molecule has 21 heavy (non-hydrogen) atoms. The Labute approximate surface area is 122 Å². The minimum Gasteiger partial charge on any atom is -0.484 e. The van der Waals surface area contributed by atoms with Crippen molar-refractivity contribution in [1.82, 2.24) is 10.6 Å². The summed E-state index contributed by atoms with van der Waals surface area (Å²) in [7, 11) is 0. The average Bonchev–Trinajstić information content (AvgIpc) is 2.49. The molecule has 0 saturated heterocycles. The van der Waals surface area contributed by atoms with Gasteiger partial charge in [0.2, 0.25) is 0 Å². The summed E-state index contributed by atoms with van der Waals surface area (Å²) >= 11 is 0. The molecule has 1 aliphatic rings. The van der Waals surface area contributed by atoms with Gasteiger partial charge in [-0.3, -0.25) is 9.59 Å². The highest BCUT2D eigenvalue weighted by molar-refractivity contribution is 5.78. The van der Waals surface area contributed by atoms with Crippen molar-refractivity contribution in [1.29, 1.82) is 0 Å². The summed E-state index contributed by atoms with van der Waals surface area (Å²) in [5.74, 6) is 0.577. The summed E-state index contributed by atoms with van der Waals surface area (Å²) in [6.07, 6.45) is 0. The number of amides is 2. The lowest BCUT2D eigenvalue weighted by molar-refractivity contribution is -0.123. The number of nitrogens with one attached hydrogen (secondary N) is 2. The third kappa shape index (κ3) is 5.70. The summed E-state index contributed by atoms with van der Waals surface area (Å²) in [6, 6.07) is 6.80. The fourth-order valence-corrected chi connectivity index (χ4v) is 1.68. The van der Waals surface area contributed by atoms with Gasteiger partial charge in [-0.15, -0.1) is 0 Å². The molecule has 1 aromatic rings. The Bertz CT molecular complexity index is 453. The topological polar surface area (TPSA) is 85.9 Å². The van der Waals surface area contributed by atoms with Gasteiger partial charge in [-0.2, -0.15) is 0 Å². The van der Waals surface area contributed by atoms with Crippen LogP contribution in [0.25, 0.3) is 0 Å². The molecule has 0 radical (unpaired) electrons. The predicted octanol–water partition coefficient (Wildman–Crippen LogP) is -0.293. The van der Waals surface area contributed by atoms with E-state index in [0.717, 1.165) is 0 Å². The second-order valence-corrected chi connectivity index (χ2v) is 4.36. The Kier molecular flexibility index (Phi) is 5.83. The van der Waals surface area contributed by atoms with Gasteiger partial charge in [-0.1, -0.05) is 6.07 Å². The van der Waals surface area contributed by atoms with Crippen LogP contribution in [0, 0.1) is 0 Å². The Balaban J connectivity index is 1.97. The maximum absolute atomic E-state index is 11.5. The standard InChI is InChI=1S/C14H18N2O5/c17-13-9-20-11-2-1-3-12(8-11)21-10-14(18)16-5-7-19-6-4-15-13/h1-3,8H,4-7,9-10H2,(H,15,17)(H,16,18). The second kappa shape index (κ2) is 8.11. The number of hydrogen-bond donors (Lipinski definition) is 2. The molecule has 0 spiro atoms. The molecular formula is C14H18N2O5. The van der Waals surface area contributed by atoms with Gasteiger partial charge in [0.05, 0.1) is 13.2 Å². The molecule has 0 saturated carbocycles. The van der Waals surface area contributed by atoms with E-state index in [1.165, 1.54) is 0 Å². The second-order valence-electron chi connectivity index (χ2n) is 4.36. The van der Waals surface area contributed by atoms with E-state index < -0.39 is 0 Å². The van der Waals surface area contributed by atoms with Crippen LogP contribution in [-0.4, -0.2) is 51.3 Å². The number of rotatable bonds is 0. The summed E-state index contributed by atoms with van der Waals surface area (Å²) in [5.41, 5.74) is 0. The van der Waals surface area contributed by atoms with E-state index in [1.54, 1.807) is 24.3 Å². The molecule has 2 N–H and O–H groups in total. The summed E-state index contributed by atoms with van der Waals surface area (Å²) < 4.78 is 16.0. The number of fused-ring (bicyclic) bond motifs is 2. The predicted molar refractivity (Wildman–Crippen MR) is 74.3 cm³/mol. The SMILES string of the molecule is O=C1COc2cccc(c2)OCC(=O)NCCOCCN1. The Morgan fingerprint density at radius 2 is 1.38 bits per heavy atom. The highest BCUT2D eigenvalue weighted by Crippen LogP contribution is 2.19.